The van der Waals surface area contributed by atoms with Gasteiger partial charge in [-0.1, -0.05) is 0 Å². The second-order valence-corrected chi connectivity index (χ2v) is 3.54. The first-order valence-corrected chi connectivity index (χ1v) is 3.76. The lowest BCUT2D eigenvalue weighted by atomic mass is 10.2. The highest BCUT2D eigenvalue weighted by molar-refractivity contribution is 5.90. The van der Waals surface area contributed by atoms with Crippen LogP contribution in [0.4, 0.5) is 0 Å². The maximum Gasteiger partial charge on any atom is 0.504 e. The quantitative estimate of drug-likeness (QED) is 0.293. The van der Waals surface area contributed by atoms with Gasteiger partial charge in [0, 0.05) is 6.92 Å². The Morgan fingerprint density at radius 2 is 1.92 bits per heavy atom. The molecule has 72 valence electrons. The molecule has 0 aliphatic carbocycles. The summed E-state index contributed by atoms with van der Waals surface area (Å²) in [5, 5.41) is 17.3. The number of allylic oxidation sites excluding steroid dienone is 1. The van der Waals surface area contributed by atoms with Crippen molar-refractivity contribution in [2.24, 2.45) is 0 Å². The molecule has 5 nitrogen and oxygen atoms in total. The zero-order chi connectivity index (χ0) is 10.6. The summed E-state index contributed by atoms with van der Waals surface area (Å²) in [5.74, 6) is -1.23. The lowest BCUT2D eigenvalue weighted by Crippen LogP contribution is -2.24. The SMILES string of the molecule is C/C(O)=C(\[N+]#N)C(=O)OC(C)(C)C. The average molecular weight is 185 g/mol. The molecular formula is C8H13N2O3+. The molecule has 0 fully saturated rings. The first-order valence-electron chi connectivity index (χ1n) is 3.76. The molecule has 13 heavy (non-hydrogen) atoms. The van der Waals surface area contributed by atoms with Crippen LogP contribution in [0.2, 0.25) is 0 Å². The van der Waals surface area contributed by atoms with Crippen molar-refractivity contribution < 1.29 is 14.6 Å². The van der Waals surface area contributed by atoms with Gasteiger partial charge in [0.25, 0.3) is 0 Å². The van der Waals surface area contributed by atoms with Crippen molar-refractivity contribution in [3.05, 3.63) is 16.4 Å². The van der Waals surface area contributed by atoms with Crippen molar-refractivity contribution in [3.8, 4) is 0 Å². The van der Waals surface area contributed by atoms with Gasteiger partial charge in [-0.3, -0.25) is 0 Å². The third-order valence-corrected chi connectivity index (χ3v) is 1.03. The fraction of sp³-hybridized carbons (Fsp3) is 0.625. The van der Waals surface area contributed by atoms with Crippen molar-refractivity contribution >= 4 is 5.97 Å². The molecule has 0 aromatic carbocycles. The Labute approximate surface area is 76.6 Å². The van der Waals surface area contributed by atoms with Gasteiger partial charge in [0.05, 0.1) is 0 Å². The molecule has 0 saturated carbocycles. The molecule has 0 rings (SSSR count). The molecule has 0 amide bonds. The van der Waals surface area contributed by atoms with E-state index in [-0.39, 0.29) is 5.76 Å². The van der Waals surface area contributed by atoms with Crippen molar-refractivity contribution in [2.75, 3.05) is 0 Å². The fourth-order valence-electron chi connectivity index (χ4n) is 0.587. The monoisotopic (exact) mass is 185 g/mol. The van der Waals surface area contributed by atoms with E-state index in [0.29, 0.717) is 0 Å². The Hall–Kier alpha value is -1.57. The van der Waals surface area contributed by atoms with Gasteiger partial charge in [0.2, 0.25) is 5.39 Å². The number of carbonyl (C=O) groups is 1. The summed E-state index contributed by atoms with van der Waals surface area (Å²) < 4.78 is 4.84. The van der Waals surface area contributed by atoms with Gasteiger partial charge in [0.15, 0.2) is 10.7 Å². The molecule has 0 atom stereocenters. The van der Waals surface area contributed by atoms with Crippen LogP contribution in [0.25, 0.3) is 4.98 Å². The number of hydrogen-bond donors (Lipinski definition) is 1. The van der Waals surface area contributed by atoms with E-state index in [1.165, 1.54) is 6.92 Å². The van der Waals surface area contributed by atoms with E-state index in [1.54, 1.807) is 20.8 Å². The Morgan fingerprint density at radius 3 is 2.15 bits per heavy atom. The molecule has 0 aliphatic rings. The summed E-state index contributed by atoms with van der Waals surface area (Å²) >= 11 is 0. The van der Waals surface area contributed by atoms with Crippen LogP contribution in [0.15, 0.2) is 11.5 Å². The van der Waals surface area contributed by atoms with Gasteiger partial charge in [-0.15, -0.1) is 0 Å². The van der Waals surface area contributed by atoms with Gasteiger partial charge >= 0.3 is 11.7 Å². The largest absolute Gasteiger partial charge is 0.505 e. The minimum Gasteiger partial charge on any atom is -0.505 e. The number of diazo groups is 1. The van der Waals surface area contributed by atoms with E-state index >= 15 is 0 Å². The lowest BCUT2D eigenvalue weighted by molar-refractivity contribution is -0.149. The highest BCUT2D eigenvalue weighted by Crippen LogP contribution is 2.13. The Balaban J connectivity index is 4.65. The number of rotatable bonds is 1. The van der Waals surface area contributed by atoms with E-state index in [4.69, 9.17) is 15.2 Å². The maximum atomic E-state index is 11.1. The van der Waals surface area contributed by atoms with Gasteiger partial charge in [-0.05, 0) is 20.8 Å². The predicted molar refractivity (Wildman–Crippen MR) is 46.3 cm³/mol. The van der Waals surface area contributed by atoms with Crippen LogP contribution in [0.3, 0.4) is 0 Å². The number of ether oxygens (including phenoxy) is 1. The highest BCUT2D eigenvalue weighted by Gasteiger charge is 2.32. The van der Waals surface area contributed by atoms with Crippen LogP contribution in [0.1, 0.15) is 27.7 Å². The van der Waals surface area contributed by atoms with Crippen LogP contribution in [-0.4, -0.2) is 16.7 Å². The standard InChI is InChI=1S/C8H12N2O3/c1-5(11)6(10-9)7(12)13-8(2,3)4/h1-4H3/p+1. The first-order chi connectivity index (χ1) is 5.78. The van der Waals surface area contributed by atoms with E-state index in [0.717, 1.165) is 0 Å². The number of aliphatic hydroxyl groups is 1. The molecule has 0 saturated heterocycles. The summed E-state index contributed by atoms with van der Waals surface area (Å²) in [6.07, 6.45) is 0. The molecule has 0 radical (unpaired) electrons. The van der Waals surface area contributed by atoms with Crippen LogP contribution < -0.4 is 0 Å². The topological polar surface area (TPSA) is 74.7 Å². The number of carbonyl (C=O) groups excluding carboxylic acids is 1. The van der Waals surface area contributed by atoms with E-state index in [9.17, 15) is 4.79 Å². The Kier molecular flexibility index (Phi) is 3.43. The van der Waals surface area contributed by atoms with Crippen molar-refractivity contribution in [1.82, 2.24) is 0 Å². The van der Waals surface area contributed by atoms with Crippen molar-refractivity contribution in [1.29, 1.82) is 5.39 Å². The summed E-state index contributed by atoms with van der Waals surface area (Å²) in [6.45, 7) is 6.25. The van der Waals surface area contributed by atoms with Gasteiger partial charge in [-0.25, -0.2) is 4.79 Å². The lowest BCUT2D eigenvalue weighted by Gasteiger charge is -2.16. The van der Waals surface area contributed by atoms with Gasteiger partial charge < -0.3 is 9.84 Å². The van der Waals surface area contributed by atoms with E-state index in [2.05, 4.69) is 4.98 Å². The summed E-state index contributed by atoms with van der Waals surface area (Å²) in [6, 6.07) is 0. The summed E-state index contributed by atoms with van der Waals surface area (Å²) in [7, 11) is 0. The first kappa shape index (κ1) is 11.4. The van der Waals surface area contributed by atoms with Crippen LogP contribution in [-0.2, 0) is 9.53 Å². The molecule has 0 aromatic rings. The van der Waals surface area contributed by atoms with E-state index in [1.807, 2.05) is 0 Å². The highest BCUT2D eigenvalue weighted by atomic mass is 16.6. The third-order valence-electron chi connectivity index (χ3n) is 1.03. The summed E-state index contributed by atoms with van der Waals surface area (Å²) in [5.41, 5.74) is -1.16. The fourth-order valence-corrected chi connectivity index (χ4v) is 0.587. The maximum absolute atomic E-state index is 11.1. The molecule has 1 N–H and O–H groups in total. The van der Waals surface area contributed by atoms with E-state index < -0.39 is 17.3 Å². The second-order valence-electron chi connectivity index (χ2n) is 3.54. The van der Waals surface area contributed by atoms with Gasteiger partial charge in [-0.2, -0.15) is 0 Å². The minimum absolute atomic E-state index is 0.378. The number of esters is 1. The Morgan fingerprint density at radius 1 is 1.46 bits per heavy atom. The molecule has 0 aromatic heterocycles. The zero-order valence-corrected chi connectivity index (χ0v) is 8.16. The average Bonchev–Trinajstić information content (AvgIpc) is 1.82. The predicted octanol–water partition coefficient (Wildman–Crippen LogP) is 1.97. The van der Waals surface area contributed by atoms with Crippen LogP contribution >= 0.6 is 0 Å². The number of hydrogen-bond acceptors (Lipinski definition) is 4. The smallest absolute Gasteiger partial charge is 0.504 e. The second kappa shape index (κ2) is 3.90. The summed E-state index contributed by atoms with van der Waals surface area (Å²) in [4.78, 5) is 13.8. The minimum atomic E-state index is -0.852. The molecule has 0 heterocycles. The van der Waals surface area contributed by atoms with Crippen molar-refractivity contribution in [2.45, 2.75) is 33.3 Å². The molecule has 0 unspecified atom stereocenters. The molecule has 0 bridgehead atoms. The Bertz CT molecular complexity index is 277. The zero-order valence-electron chi connectivity index (χ0n) is 8.16. The number of aliphatic hydroxyl groups excluding tert-OH is 1. The third kappa shape index (κ3) is 4.11. The van der Waals surface area contributed by atoms with Crippen molar-refractivity contribution in [3.63, 3.8) is 0 Å². The van der Waals surface area contributed by atoms with Crippen LogP contribution in [0, 0.1) is 5.39 Å². The normalized spacial score (nSPS) is 12.8. The molecule has 0 spiro atoms. The van der Waals surface area contributed by atoms with Gasteiger partial charge in [0.1, 0.15) is 5.60 Å². The molecule has 0 aliphatic heterocycles. The number of nitrogens with zero attached hydrogens (tertiary/aromatic N) is 2. The van der Waals surface area contributed by atoms with Crippen LogP contribution in [0.5, 0.6) is 0 Å². The molecule has 5 heteroatoms. The molecular weight excluding hydrogens is 172 g/mol.